The molecule has 1 fully saturated rings. The van der Waals surface area contributed by atoms with Crippen LogP contribution in [-0.2, 0) is 16.0 Å². The lowest BCUT2D eigenvalue weighted by atomic mass is 10.1. The van der Waals surface area contributed by atoms with E-state index in [9.17, 15) is 14.4 Å². The Kier molecular flexibility index (Phi) is 6.46. The van der Waals surface area contributed by atoms with Crippen molar-refractivity contribution in [1.29, 1.82) is 0 Å². The highest BCUT2D eigenvalue weighted by atomic mass is 16.2. The highest BCUT2D eigenvalue weighted by molar-refractivity contribution is 5.98. The van der Waals surface area contributed by atoms with Crippen molar-refractivity contribution in [3.05, 3.63) is 28.7 Å². The maximum absolute atomic E-state index is 12.2. The first-order chi connectivity index (χ1) is 13.9. The molecule has 0 atom stereocenters. The van der Waals surface area contributed by atoms with Crippen LogP contribution in [0, 0.1) is 13.8 Å². The summed E-state index contributed by atoms with van der Waals surface area (Å²) in [5, 5.41) is 7.02. The third-order valence-electron chi connectivity index (χ3n) is 5.45. The summed E-state index contributed by atoms with van der Waals surface area (Å²) in [5.74, 6) is -0.568. The number of aryl methyl sites for hydroxylation is 2. The molecule has 3 rings (SSSR count). The molecule has 156 valence electrons. The topological polar surface area (TPSA) is 123 Å². The van der Waals surface area contributed by atoms with E-state index in [1.54, 1.807) is 4.52 Å². The number of primary amides is 1. The van der Waals surface area contributed by atoms with E-state index in [2.05, 4.69) is 15.4 Å². The SMILES string of the molecule is Cc1nc2c(C(N)=O)cnn2c(C)c1CCC(=O)NCCC(=O)N1CCCCC1. The van der Waals surface area contributed by atoms with Crippen molar-refractivity contribution in [3.63, 3.8) is 0 Å². The molecule has 2 aromatic heterocycles. The molecular weight excluding hydrogens is 372 g/mol. The fourth-order valence-electron chi connectivity index (χ4n) is 3.78. The van der Waals surface area contributed by atoms with Crippen molar-refractivity contribution >= 4 is 23.4 Å². The Hall–Kier alpha value is -2.97. The van der Waals surface area contributed by atoms with E-state index in [0.29, 0.717) is 25.0 Å². The lowest BCUT2D eigenvalue weighted by Gasteiger charge is -2.26. The molecule has 3 N–H and O–H groups in total. The summed E-state index contributed by atoms with van der Waals surface area (Å²) in [4.78, 5) is 42.2. The van der Waals surface area contributed by atoms with E-state index in [1.807, 2.05) is 18.7 Å². The first-order valence-electron chi connectivity index (χ1n) is 10.1. The van der Waals surface area contributed by atoms with Crippen molar-refractivity contribution in [2.45, 2.75) is 52.4 Å². The van der Waals surface area contributed by atoms with Crippen molar-refractivity contribution in [2.75, 3.05) is 19.6 Å². The third-order valence-corrected chi connectivity index (χ3v) is 5.45. The molecular formula is C20H28N6O3. The van der Waals surface area contributed by atoms with Gasteiger partial charge in [-0.2, -0.15) is 5.10 Å². The van der Waals surface area contributed by atoms with Crippen LogP contribution in [0.4, 0.5) is 0 Å². The minimum atomic E-state index is -0.572. The zero-order chi connectivity index (χ0) is 21.0. The van der Waals surface area contributed by atoms with Crippen LogP contribution in [-0.4, -0.2) is 56.9 Å². The zero-order valence-electron chi connectivity index (χ0n) is 17.0. The molecule has 0 aromatic carbocycles. The van der Waals surface area contributed by atoms with Crippen molar-refractivity contribution in [3.8, 4) is 0 Å². The maximum atomic E-state index is 12.2. The third kappa shape index (κ3) is 4.72. The summed E-state index contributed by atoms with van der Waals surface area (Å²) in [6.45, 7) is 5.72. The normalized spacial score (nSPS) is 14.2. The number of piperidine rings is 1. The first kappa shape index (κ1) is 20.8. The fourth-order valence-corrected chi connectivity index (χ4v) is 3.78. The van der Waals surface area contributed by atoms with Crippen LogP contribution in [0.2, 0.25) is 0 Å². The predicted octanol–water partition coefficient (Wildman–Crippen LogP) is 0.896. The van der Waals surface area contributed by atoms with Gasteiger partial charge in [-0.05, 0) is 45.1 Å². The highest BCUT2D eigenvalue weighted by Crippen LogP contribution is 2.18. The van der Waals surface area contributed by atoms with E-state index in [-0.39, 0.29) is 23.8 Å². The van der Waals surface area contributed by atoms with E-state index < -0.39 is 5.91 Å². The molecule has 1 aliphatic rings. The average molecular weight is 400 g/mol. The van der Waals surface area contributed by atoms with Crippen LogP contribution in [0.5, 0.6) is 0 Å². The van der Waals surface area contributed by atoms with Crippen LogP contribution in [0.15, 0.2) is 6.20 Å². The van der Waals surface area contributed by atoms with Crippen molar-refractivity contribution in [1.82, 2.24) is 24.8 Å². The molecule has 0 radical (unpaired) electrons. The van der Waals surface area contributed by atoms with Crippen LogP contribution >= 0.6 is 0 Å². The number of aromatic nitrogens is 3. The molecule has 1 saturated heterocycles. The van der Waals surface area contributed by atoms with E-state index in [4.69, 9.17) is 5.73 Å². The average Bonchev–Trinajstić information content (AvgIpc) is 3.12. The van der Waals surface area contributed by atoms with Gasteiger partial charge in [0.1, 0.15) is 5.56 Å². The van der Waals surface area contributed by atoms with Crippen molar-refractivity contribution in [2.24, 2.45) is 5.73 Å². The second-order valence-corrected chi connectivity index (χ2v) is 7.46. The number of nitrogens with zero attached hydrogens (tertiary/aromatic N) is 4. The lowest BCUT2D eigenvalue weighted by molar-refractivity contribution is -0.132. The number of nitrogens with one attached hydrogen (secondary N) is 1. The molecule has 9 heteroatoms. The number of amides is 3. The standard InChI is InChI=1S/C20H28N6O3/c1-13-15(14(2)26-20(24-13)16(12-23-26)19(21)29)6-7-17(27)22-9-8-18(28)25-10-4-3-5-11-25/h12H,3-11H2,1-2H3,(H2,21,29)(H,22,27). The highest BCUT2D eigenvalue weighted by Gasteiger charge is 2.18. The number of likely N-dealkylation sites (tertiary alicyclic amines) is 1. The van der Waals surface area contributed by atoms with Gasteiger partial charge in [0.25, 0.3) is 5.91 Å². The molecule has 0 unspecified atom stereocenters. The van der Waals surface area contributed by atoms with E-state index >= 15 is 0 Å². The molecule has 1 aliphatic heterocycles. The van der Waals surface area contributed by atoms with Crippen LogP contribution < -0.4 is 11.1 Å². The number of rotatable bonds is 7. The van der Waals surface area contributed by atoms with Gasteiger partial charge < -0.3 is 16.0 Å². The molecule has 9 nitrogen and oxygen atoms in total. The molecule has 3 heterocycles. The maximum Gasteiger partial charge on any atom is 0.254 e. The number of nitrogens with two attached hydrogens (primary N) is 1. The summed E-state index contributed by atoms with van der Waals surface area (Å²) in [6, 6.07) is 0. The molecule has 2 aromatic rings. The Balaban J connectivity index is 1.54. The predicted molar refractivity (Wildman–Crippen MR) is 107 cm³/mol. The van der Waals surface area contributed by atoms with Gasteiger partial charge in [0.05, 0.1) is 6.20 Å². The van der Waals surface area contributed by atoms with Gasteiger partial charge in [-0.3, -0.25) is 14.4 Å². The molecule has 29 heavy (non-hydrogen) atoms. The summed E-state index contributed by atoms with van der Waals surface area (Å²) in [5.41, 5.74) is 8.55. The van der Waals surface area contributed by atoms with Crippen LogP contribution in [0.1, 0.15) is 59.4 Å². The largest absolute Gasteiger partial charge is 0.365 e. The second-order valence-electron chi connectivity index (χ2n) is 7.46. The fraction of sp³-hybridized carbons (Fsp3) is 0.550. The van der Waals surface area contributed by atoms with E-state index in [1.165, 1.54) is 12.6 Å². The minimum Gasteiger partial charge on any atom is -0.365 e. The Morgan fingerprint density at radius 1 is 1.14 bits per heavy atom. The molecule has 0 saturated carbocycles. The summed E-state index contributed by atoms with van der Waals surface area (Å²) in [6.07, 6.45) is 5.84. The molecule has 0 spiro atoms. The van der Waals surface area contributed by atoms with Crippen LogP contribution in [0.25, 0.3) is 5.65 Å². The summed E-state index contributed by atoms with van der Waals surface area (Å²) >= 11 is 0. The Bertz CT molecular complexity index is 930. The van der Waals surface area contributed by atoms with E-state index in [0.717, 1.165) is 42.9 Å². The number of carbonyl (C=O) groups excluding carboxylic acids is 3. The van der Waals surface area contributed by atoms with Gasteiger partial charge in [-0.1, -0.05) is 0 Å². The first-order valence-corrected chi connectivity index (χ1v) is 10.1. The number of hydrogen-bond acceptors (Lipinski definition) is 5. The molecule has 0 bridgehead atoms. The molecule has 3 amide bonds. The lowest BCUT2D eigenvalue weighted by Crippen LogP contribution is -2.37. The number of hydrogen-bond donors (Lipinski definition) is 2. The zero-order valence-corrected chi connectivity index (χ0v) is 17.0. The van der Waals surface area contributed by atoms with Crippen LogP contribution in [0.3, 0.4) is 0 Å². The minimum absolute atomic E-state index is 0.103. The van der Waals surface area contributed by atoms with Gasteiger partial charge in [-0.25, -0.2) is 9.50 Å². The quantitative estimate of drug-likeness (QED) is 0.715. The van der Waals surface area contributed by atoms with Gasteiger partial charge in [0.2, 0.25) is 11.8 Å². The summed E-state index contributed by atoms with van der Waals surface area (Å²) in [7, 11) is 0. The monoisotopic (exact) mass is 400 g/mol. The smallest absolute Gasteiger partial charge is 0.254 e. The summed E-state index contributed by atoms with van der Waals surface area (Å²) < 4.78 is 1.58. The van der Waals surface area contributed by atoms with Gasteiger partial charge in [-0.15, -0.1) is 0 Å². The number of fused-ring (bicyclic) bond motifs is 1. The Morgan fingerprint density at radius 2 is 1.86 bits per heavy atom. The van der Waals surface area contributed by atoms with Gasteiger partial charge in [0, 0.05) is 43.9 Å². The van der Waals surface area contributed by atoms with Gasteiger partial charge >= 0.3 is 0 Å². The van der Waals surface area contributed by atoms with Gasteiger partial charge in [0.15, 0.2) is 5.65 Å². The Morgan fingerprint density at radius 3 is 2.55 bits per heavy atom. The number of carbonyl (C=O) groups is 3. The Labute approximate surface area is 169 Å². The molecule has 0 aliphatic carbocycles. The second kappa shape index (κ2) is 9.02. The van der Waals surface area contributed by atoms with Crippen molar-refractivity contribution < 1.29 is 14.4 Å².